The molecule has 1 unspecified atom stereocenters. The summed E-state index contributed by atoms with van der Waals surface area (Å²) >= 11 is 1.81. The first-order valence-corrected chi connectivity index (χ1v) is 7.76. The zero-order chi connectivity index (χ0) is 13.4. The third kappa shape index (κ3) is 5.62. The zero-order valence-electron chi connectivity index (χ0n) is 10.9. The van der Waals surface area contributed by atoms with E-state index in [4.69, 9.17) is 5.11 Å². The van der Waals surface area contributed by atoms with Gasteiger partial charge in [0.15, 0.2) is 0 Å². The van der Waals surface area contributed by atoms with Crippen LogP contribution in [0.5, 0.6) is 0 Å². The Morgan fingerprint density at radius 1 is 1.44 bits per heavy atom. The average molecular weight is 274 g/mol. The van der Waals surface area contributed by atoms with E-state index in [2.05, 4.69) is 11.6 Å². The first-order chi connectivity index (χ1) is 8.63. The minimum absolute atomic E-state index is 0.0490. The van der Waals surface area contributed by atoms with Gasteiger partial charge in [-0.1, -0.05) is 0 Å². The van der Waals surface area contributed by atoms with Gasteiger partial charge in [0, 0.05) is 26.1 Å². The molecule has 0 aromatic heterocycles. The summed E-state index contributed by atoms with van der Waals surface area (Å²) in [5, 5.41) is 11.6. The number of carboxylic acids is 1. The summed E-state index contributed by atoms with van der Waals surface area (Å²) in [5.41, 5.74) is 0. The lowest BCUT2D eigenvalue weighted by Crippen LogP contribution is -2.39. The lowest BCUT2D eigenvalue weighted by molar-refractivity contribution is -0.138. The van der Waals surface area contributed by atoms with Crippen molar-refractivity contribution in [2.24, 2.45) is 5.92 Å². The molecule has 18 heavy (non-hydrogen) atoms. The summed E-state index contributed by atoms with van der Waals surface area (Å²) in [6.07, 6.45) is 5.15. The van der Waals surface area contributed by atoms with Crippen molar-refractivity contribution in [3.8, 4) is 0 Å². The van der Waals surface area contributed by atoms with Crippen molar-refractivity contribution in [2.45, 2.75) is 25.7 Å². The number of hydrogen-bond acceptors (Lipinski definition) is 3. The Bertz CT molecular complexity index is 286. The first-order valence-electron chi connectivity index (χ1n) is 6.37. The Hall–Kier alpha value is -0.910. The van der Waals surface area contributed by atoms with E-state index in [0.717, 1.165) is 25.0 Å². The highest BCUT2D eigenvalue weighted by Gasteiger charge is 2.27. The second-order valence-electron chi connectivity index (χ2n) is 4.63. The number of hydrogen-bond donors (Lipinski definition) is 2. The van der Waals surface area contributed by atoms with Crippen molar-refractivity contribution in [2.75, 3.05) is 31.6 Å². The maximum Gasteiger partial charge on any atom is 0.317 e. The van der Waals surface area contributed by atoms with Crippen LogP contribution >= 0.6 is 11.8 Å². The highest BCUT2D eigenvalue weighted by Crippen LogP contribution is 2.19. The number of carboxylic acid groups (broad SMARTS) is 1. The second kappa shape index (κ2) is 8.24. The molecule has 0 spiro atoms. The highest BCUT2D eigenvalue weighted by atomic mass is 32.2. The van der Waals surface area contributed by atoms with Gasteiger partial charge >= 0.3 is 12.0 Å². The number of amides is 2. The number of thioether (sulfide) groups is 1. The molecule has 1 aliphatic heterocycles. The van der Waals surface area contributed by atoms with Gasteiger partial charge in [-0.3, -0.25) is 4.79 Å². The van der Waals surface area contributed by atoms with E-state index >= 15 is 0 Å². The molecule has 1 aliphatic rings. The number of urea groups is 1. The van der Waals surface area contributed by atoms with Gasteiger partial charge in [0.05, 0.1) is 0 Å². The maximum atomic E-state index is 11.8. The second-order valence-corrected chi connectivity index (χ2v) is 5.62. The van der Waals surface area contributed by atoms with Crippen LogP contribution in [0.15, 0.2) is 0 Å². The van der Waals surface area contributed by atoms with Gasteiger partial charge in [-0.25, -0.2) is 4.79 Å². The SMILES string of the molecule is CSCCCCNC(=O)N1CCC(CC(=O)O)C1. The molecule has 0 saturated carbocycles. The third-order valence-electron chi connectivity index (χ3n) is 3.09. The lowest BCUT2D eigenvalue weighted by Gasteiger charge is -2.17. The third-order valence-corrected chi connectivity index (χ3v) is 3.78. The van der Waals surface area contributed by atoms with E-state index in [-0.39, 0.29) is 18.4 Å². The van der Waals surface area contributed by atoms with Crippen molar-refractivity contribution in [1.29, 1.82) is 0 Å². The summed E-state index contributed by atoms with van der Waals surface area (Å²) in [6, 6.07) is -0.0490. The van der Waals surface area contributed by atoms with Crippen LogP contribution < -0.4 is 5.32 Å². The van der Waals surface area contributed by atoms with Gasteiger partial charge in [-0.15, -0.1) is 0 Å². The van der Waals surface area contributed by atoms with Crippen LogP contribution in [0.3, 0.4) is 0 Å². The van der Waals surface area contributed by atoms with Gasteiger partial charge in [-0.2, -0.15) is 11.8 Å². The van der Waals surface area contributed by atoms with E-state index < -0.39 is 5.97 Å². The molecule has 0 bridgehead atoms. The van der Waals surface area contributed by atoms with Gasteiger partial charge in [0.25, 0.3) is 0 Å². The number of unbranched alkanes of at least 4 members (excludes halogenated alkanes) is 1. The Morgan fingerprint density at radius 3 is 2.89 bits per heavy atom. The molecule has 1 fully saturated rings. The summed E-state index contributed by atoms with van der Waals surface area (Å²) in [7, 11) is 0. The molecule has 0 radical (unpaired) electrons. The van der Waals surface area contributed by atoms with Gasteiger partial charge in [-0.05, 0) is 37.2 Å². The Kier molecular flexibility index (Phi) is 6.93. The van der Waals surface area contributed by atoms with Crippen LogP contribution in [-0.2, 0) is 4.79 Å². The van der Waals surface area contributed by atoms with Crippen molar-refractivity contribution in [3.63, 3.8) is 0 Å². The molecule has 0 aliphatic carbocycles. The van der Waals surface area contributed by atoms with Crippen molar-refractivity contribution < 1.29 is 14.7 Å². The molecule has 104 valence electrons. The Balaban J connectivity index is 2.13. The molecule has 1 heterocycles. The molecule has 0 aromatic rings. The van der Waals surface area contributed by atoms with E-state index in [0.29, 0.717) is 19.6 Å². The van der Waals surface area contributed by atoms with Gasteiger partial charge < -0.3 is 15.3 Å². The highest BCUT2D eigenvalue weighted by molar-refractivity contribution is 7.98. The zero-order valence-corrected chi connectivity index (χ0v) is 11.7. The predicted octanol–water partition coefficient (Wildman–Crippen LogP) is 1.64. The van der Waals surface area contributed by atoms with E-state index in [1.165, 1.54) is 0 Å². The van der Waals surface area contributed by atoms with Gasteiger partial charge in [0.1, 0.15) is 0 Å². The monoisotopic (exact) mass is 274 g/mol. The first kappa shape index (κ1) is 15.1. The van der Waals surface area contributed by atoms with Crippen LogP contribution in [0.4, 0.5) is 4.79 Å². The fourth-order valence-electron chi connectivity index (χ4n) is 2.11. The normalized spacial score (nSPS) is 18.9. The van der Waals surface area contributed by atoms with Crippen molar-refractivity contribution in [1.82, 2.24) is 10.2 Å². The van der Waals surface area contributed by atoms with Gasteiger partial charge in [0.2, 0.25) is 0 Å². The minimum Gasteiger partial charge on any atom is -0.481 e. The minimum atomic E-state index is -0.778. The van der Waals surface area contributed by atoms with E-state index in [1.54, 1.807) is 4.90 Å². The van der Waals surface area contributed by atoms with Crippen molar-refractivity contribution >= 4 is 23.8 Å². The lowest BCUT2D eigenvalue weighted by atomic mass is 10.1. The molecule has 1 atom stereocenters. The number of nitrogens with zero attached hydrogens (tertiary/aromatic N) is 1. The van der Waals surface area contributed by atoms with Crippen molar-refractivity contribution in [3.05, 3.63) is 0 Å². The number of likely N-dealkylation sites (tertiary alicyclic amines) is 1. The fourth-order valence-corrected chi connectivity index (χ4v) is 2.60. The van der Waals surface area contributed by atoms with Crippen LogP contribution in [0, 0.1) is 5.92 Å². The van der Waals surface area contributed by atoms with E-state index in [1.807, 2.05) is 11.8 Å². The van der Waals surface area contributed by atoms with Crippen LogP contribution in [0.2, 0.25) is 0 Å². The number of carbonyl (C=O) groups is 2. The predicted molar refractivity (Wildman–Crippen MR) is 72.9 cm³/mol. The maximum absolute atomic E-state index is 11.8. The molecule has 6 heteroatoms. The van der Waals surface area contributed by atoms with E-state index in [9.17, 15) is 9.59 Å². The summed E-state index contributed by atoms with van der Waals surface area (Å²) in [4.78, 5) is 24.1. The molecular weight excluding hydrogens is 252 g/mol. The van der Waals surface area contributed by atoms with Crippen LogP contribution in [0.1, 0.15) is 25.7 Å². The number of rotatable bonds is 7. The fraction of sp³-hybridized carbons (Fsp3) is 0.833. The average Bonchev–Trinajstić information content (AvgIpc) is 2.76. The van der Waals surface area contributed by atoms with Crippen LogP contribution in [-0.4, -0.2) is 53.6 Å². The number of aliphatic carboxylic acids is 1. The molecular formula is C12H22N2O3S. The summed E-state index contributed by atoms with van der Waals surface area (Å²) < 4.78 is 0. The summed E-state index contributed by atoms with van der Waals surface area (Å²) in [5.74, 6) is 0.462. The summed E-state index contributed by atoms with van der Waals surface area (Å²) in [6.45, 7) is 1.96. The smallest absolute Gasteiger partial charge is 0.317 e. The number of nitrogens with one attached hydrogen (secondary N) is 1. The molecule has 2 amide bonds. The van der Waals surface area contributed by atoms with Crippen LogP contribution in [0.25, 0.3) is 0 Å². The molecule has 1 saturated heterocycles. The largest absolute Gasteiger partial charge is 0.481 e. The topological polar surface area (TPSA) is 69.6 Å². The quantitative estimate of drug-likeness (QED) is 0.692. The Labute approximate surface area is 112 Å². The molecule has 5 nitrogen and oxygen atoms in total. The standard InChI is InChI=1S/C12H22N2O3S/c1-18-7-3-2-5-13-12(17)14-6-4-10(9-14)8-11(15)16/h10H,2-9H2,1H3,(H,13,17)(H,15,16). The number of carbonyl (C=O) groups excluding carboxylic acids is 1. The Morgan fingerprint density at radius 2 is 2.22 bits per heavy atom. The molecule has 2 N–H and O–H groups in total. The molecule has 0 aromatic carbocycles. The molecule has 1 rings (SSSR count).